The third kappa shape index (κ3) is 4.14. The number of carbonyl (C=O) groups is 1. The highest BCUT2D eigenvalue weighted by atomic mass is 16.8. The maximum atomic E-state index is 12.7. The van der Waals surface area contributed by atoms with Crippen LogP contribution in [0.15, 0.2) is 39.4 Å². The van der Waals surface area contributed by atoms with Gasteiger partial charge >= 0.3 is 11.6 Å². The number of hydrogen-bond donors (Lipinski definition) is 4. The van der Waals surface area contributed by atoms with Crippen molar-refractivity contribution in [3.05, 3.63) is 47.4 Å². The van der Waals surface area contributed by atoms with Gasteiger partial charge in [0, 0.05) is 13.1 Å². The zero-order chi connectivity index (χ0) is 22.0. The first-order valence-electron chi connectivity index (χ1n) is 10.3. The Balaban J connectivity index is 1.58. The lowest BCUT2D eigenvalue weighted by Crippen LogP contribution is -2.30. The standard InChI is InChI=1S/C21H25N5O5/c1-3-15(17-10-9-13(2)30-17)22-19-20(26(29)31-24-19)23-16-8-6-7-14(18(16)27)21(28)25-11-4-5-12-25/h6-10,15,29H,3-5,11-12H2,1-2H3,(H2,22,24,27,28)/p+1/t15-/m1/s1. The van der Waals surface area contributed by atoms with Crippen LogP contribution in [-0.2, 0) is 0 Å². The lowest BCUT2D eigenvalue weighted by molar-refractivity contribution is -1.03. The Kier molecular flexibility index (Phi) is 5.70. The van der Waals surface area contributed by atoms with Crippen LogP contribution in [0.5, 0.6) is 5.75 Å². The zero-order valence-corrected chi connectivity index (χ0v) is 17.5. The van der Waals surface area contributed by atoms with Crippen molar-refractivity contribution in [1.29, 1.82) is 0 Å². The Morgan fingerprint density at radius 2 is 2.06 bits per heavy atom. The molecule has 2 aromatic heterocycles. The van der Waals surface area contributed by atoms with Crippen molar-refractivity contribution in [1.82, 2.24) is 10.1 Å². The number of furan rings is 1. The van der Waals surface area contributed by atoms with E-state index in [0.717, 1.165) is 24.4 Å². The molecule has 4 N–H and O–H groups in total. The summed E-state index contributed by atoms with van der Waals surface area (Å²) < 4.78 is 10.6. The molecule has 0 saturated carbocycles. The molecule has 3 aromatic rings. The number of aromatic nitrogens is 2. The van der Waals surface area contributed by atoms with Gasteiger partial charge in [-0.3, -0.25) is 10.1 Å². The van der Waals surface area contributed by atoms with Crippen LogP contribution in [0.4, 0.5) is 17.3 Å². The van der Waals surface area contributed by atoms with Crippen LogP contribution < -0.4 is 15.5 Å². The Morgan fingerprint density at radius 1 is 1.29 bits per heavy atom. The van der Waals surface area contributed by atoms with Crippen molar-refractivity contribution in [2.45, 2.75) is 39.2 Å². The maximum Gasteiger partial charge on any atom is 0.370 e. The zero-order valence-electron chi connectivity index (χ0n) is 17.5. The first kappa shape index (κ1) is 20.6. The number of nitrogens with zero attached hydrogens (tertiary/aromatic N) is 3. The normalized spacial score (nSPS) is 14.6. The second-order valence-corrected chi connectivity index (χ2v) is 7.52. The third-order valence-electron chi connectivity index (χ3n) is 5.36. The van der Waals surface area contributed by atoms with Crippen molar-refractivity contribution in [2.75, 3.05) is 23.7 Å². The van der Waals surface area contributed by atoms with Crippen LogP contribution in [0.2, 0.25) is 0 Å². The Bertz CT molecular complexity index is 1070. The Labute approximate surface area is 179 Å². The molecule has 1 fully saturated rings. The molecule has 0 spiro atoms. The molecule has 1 aliphatic heterocycles. The summed E-state index contributed by atoms with van der Waals surface area (Å²) in [5.41, 5.74) is 0.431. The fourth-order valence-electron chi connectivity index (χ4n) is 3.67. The number of phenolic OH excluding ortho intramolecular Hbond substituents is 1. The summed E-state index contributed by atoms with van der Waals surface area (Å²) in [6, 6.07) is 8.36. The fourth-order valence-corrected chi connectivity index (χ4v) is 3.67. The topological polar surface area (TPSA) is 128 Å². The van der Waals surface area contributed by atoms with Gasteiger partial charge in [-0.2, -0.15) is 0 Å². The minimum Gasteiger partial charge on any atom is -0.504 e. The molecule has 1 aliphatic rings. The average molecular weight is 428 g/mol. The molecule has 1 atom stereocenters. The van der Waals surface area contributed by atoms with Gasteiger partial charge in [-0.05, 0) is 50.5 Å². The van der Waals surface area contributed by atoms with E-state index >= 15 is 0 Å². The number of anilines is 3. The van der Waals surface area contributed by atoms with E-state index in [2.05, 4.69) is 15.8 Å². The highest BCUT2D eigenvalue weighted by Gasteiger charge is 2.30. The van der Waals surface area contributed by atoms with Crippen molar-refractivity contribution >= 4 is 23.2 Å². The number of benzene rings is 1. The van der Waals surface area contributed by atoms with E-state index in [-0.39, 0.29) is 40.6 Å². The maximum absolute atomic E-state index is 12.7. The fraction of sp³-hybridized carbons (Fsp3) is 0.381. The van der Waals surface area contributed by atoms with Gasteiger partial charge in [0.25, 0.3) is 5.91 Å². The van der Waals surface area contributed by atoms with Gasteiger partial charge in [-0.15, -0.1) is 0 Å². The molecule has 1 saturated heterocycles. The molecule has 4 rings (SSSR count). The summed E-state index contributed by atoms with van der Waals surface area (Å²) in [4.78, 5) is 14.9. The quantitative estimate of drug-likeness (QED) is 0.333. The van der Waals surface area contributed by atoms with Crippen molar-refractivity contribution in [2.24, 2.45) is 0 Å². The molecule has 0 aliphatic carbocycles. The molecule has 3 heterocycles. The van der Waals surface area contributed by atoms with Crippen LogP contribution in [0.25, 0.3) is 0 Å². The van der Waals surface area contributed by atoms with Gasteiger partial charge in [0.05, 0.1) is 11.6 Å². The first-order valence-corrected chi connectivity index (χ1v) is 10.3. The highest BCUT2D eigenvalue weighted by molar-refractivity contribution is 5.99. The number of nitrogens with one attached hydrogen (secondary N) is 2. The number of rotatable bonds is 7. The van der Waals surface area contributed by atoms with Crippen LogP contribution in [0, 0.1) is 6.92 Å². The number of hydrogen-bond acceptors (Lipinski definition) is 8. The molecular weight excluding hydrogens is 402 g/mol. The lowest BCUT2D eigenvalue weighted by atomic mass is 10.1. The predicted octanol–water partition coefficient (Wildman–Crippen LogP) is 3.35. The van der Waals surface area contributed by atoms with E-state index < -0.39 is 0 Å². The molecule has 31 heavy (non-hydrogen) atoms. The van der Waals surface area contributed by atoms with Crippen LogP contribution in [-0.4, -0.2) is 39.4 Å². The van der Waals surface area contributed by atoms with E-state index in [1.807, 2.05) is 26.0 Å². The van der Waals surface area contributed by atoms with E-state index in [4.69, 9.17) is 9.05 Å². The Morgan fingerprint density at radius 3 is 2.74 bits per heavy atom. The third-order valence-corrected chi connectivity index (χ3v) is 5.36. The van der Waals surface area contributed by atoms with Gasteiger partial charge in [0.15, 0.2) is 5.75 Å². The summed E-state index contributed by atoms with van der Waals surface area (Å²) in [5, 5.41) is 30.7. The van der Waals surface area contributed by atoms with Crippen LogP contribution >= 0.6 is 0 Å². The molecule has 0 bridgehead atoms. The number of amides is 1. The average Bonchev–Trinajstić information content (AvgIpc) is 3.51. The van der Waals surface area contributed by atoms with Gasteiger partial charge in [0.2, 0.25) is 0 Å². The van der Waals surface area contributed by atoms with E-state index in [0.29, 0.717) is 24.4 Å². The van der Waals surface area contributed by atoms with E-state index in [1.165, 1.54) is 0 Å². The van der Waals surface area contributed by atoms with Crippen LogP contribution in [0.3, 0.4) is 0 Å². The number of likely N-dealkylation sites (tertiary alicyclic amines) is 1. The molecule has 1 amide bonds. The summed E-state index contributed by atoms with van der Waals surface area (Å²) in [5.74, 6) is 1.37. The smallest absolute Gasteiger partial charge is 0.370 e. The second-order valence-electron chi connectivity index (χ2n) is 7.52. The molecule has 164 valence electrons. The molecule has 10 nitrogen and oxygen atoms in total. The minimum atomic E-state index is -0.224. The van der Waals surface area contributed by atoms with Gasteiger partial charge in [-0.1, -0.05) is 17.6 Å². The van der Waals surface area contributed by atoms with Gasteiger partial charge in [0.1, 0.15) is 27.3 Å². The van der Waals surface area contributed by atoms with Gasteiger partial charge < -0.3 is 24.9 Å². The van der Waals surface area contributed by atoms with E-state index in [1.54, 1.807) is 23.1 Å². The second kappa shape index (κ2) is 8.58. The highest BCUT2D eigenvalue weighted by Crippen LogP contribution is 2.33. The summed E-state index contributed by atoms with van der Waals surface area (Å²) >= 11 is 0. The molecule has 10 heteroatoms. The molecule has 0 radical (unpaired) electrons. The number of carbonyl (C=O) groups excluding carboxylic acids is 1. The molecule has 0 unspecified atom stereocenters. The summed E-state index contributed by atoms with van der Waals surface area (Å²) in [6.07, 6.45) is 2.60. The van der Waals surface area contributed by atoms with Gasteiger partial charge in [-0.25, -0.2) is 0 Å². The van der Waals surface area contributed by atoms with Crippen molar-refractivity contribution < 1.29 is 29.1 Å². The number of aromatic hydroxyl groups is 1. The first-order chi connectivity index (χ1) is 15.0. The Hall–Kier alpha value is -3.69. The lowest BCUT2D eigenvalue weighted by Gasteiger charge is -2.16. The number of phenols is 1. The predicted molar refractivity (Wildman–Crippen MR) is 111 cm³/mol. The van der Waals surface area contributed by atoms with Crippen molar-refractivity contribution in [3.8, 4) is 5.75 Å². The molecule has 1 aromatic carbocycles. The number of para-hydroxylation sites is 1. The summed E-state index contributed by atoms with van der Waals surface area (Å²) in [7, 11) is 0. The molecular formula is C21H26N5O5+. The minimum absolute atomic E-state index is 0.0720. The number of aryl methyl sites for hydroxylation is 1. The van der Waals surface area contributed by atoms with Crippen molar-refractivity contribution in [3.63, 3.8) is 0 Å². The van der Waals surface area contributed by atoms with Crippen LogP contribution in [0.1, 0.15) is 54.1 Å². The van der Waals surface area contributed by atoms with E-state index in [9.17, 15) is 15.1 Å². The largest absolute Gasteiger partial charge is 0.504 e. The SMILES string of the molecule is CC[C@@H](Nc1no[n+](O)c1Nc1cccc(C(=O)N2CCCC2)c1O)c1ccc(C)o1. The summed E-state index contributed by atoms with van der Waals surface area (Å²) in [6.45, 7) is 5.20. The monoisotopic (exact) mass is 428 g/mol.